The molecule has 1 amide bonds. The van der Waals surface area contributed by atoms with E-state index in [1.54, 1.807) is 0 Å². The molecule has 1 atom stereocenters. The SMILES string of the molecule is O=C1C[C@@H](NCc2ccc(OCCO)cc2)CN1C1CCCCCC1. The zero-order valence-corrected chi connectivity index (χ0v) is 15.0. The second-order valence-corrected chi connectivity index (χ2v) is 7.19. The molecular formula is C20H30N2O3. The van der Waals surface area contributed by atoms with E-state index in [1.807, 2.05) is 24.3 Å². The first kappa shape index (κ1) is 18.2. The highest BCUT2D eigenvalue weighted by Gasteiger charge is 2.33. The average Bonchev–Trinajstić information content (AvgIpc) is 2.84. The van der Waals surface area contributed by atoms with E-state index in [-0.39, 0.29) is 12.6 Å². The van der Waals surface area contributed by atoms with Crippen LogP contribution in [0.25, 0.3) is 0 Å². The van der Waals surface area contributed by atoms with Crippen LogP contribution in [0.15, 0.2) is 24.3 Å². The van der Waals surface area contributed by atoms with Gasteiger partial charge < -0.3 is 20.1 Å². The summed E-state index contributed by atoms with van der Waals surface area (Å²) in [5.41, 5.74) is 1.18. The summed E-state index contributed by atoms with van der Waals surface area (Å²) in [5.74, 6) is 1.09. The standard InChI is InChI=1S/C20H30N2O3/c23-11-12-25-19-9-7-16(8-10-19)14-21-17-13-20(24)22(15-17)18-5-3-1-2-4-6-18/h7-10,17-18,21,23H,1-6,11-15H2/t17-/m1/s1. The van der Waals surface area contributed by atoms with E-state index in [2.05, 4.69) is 10.2 Å². The van der Waals surface area contributed by atoms with Crippen LogP contribution in [-0.2, 0) is 11.3 Å². The van der Waals surface area contributed by atoms with Crippen LogP contribution in [0.3, 0.4) is 0 Å². The Morgan fingerprint density at radius 1 is 1.12 bits per heavy atom. The zero-order valence-electron chi connectivity index (χ0n) is 15.0. The molecule has 0 unspecified atom stereocenters. The summed E-state index contributed by atoms with van der Waals surface area (Å²) in [4.78, 5) is 14.5. The summed E-state index contributed by atoms with van der Waals surface area (Å²) in [7, 11) is 0. The van der Waals surface area contributed by atoms with Crippen molar-refractivity contribution >= 4 is 5.91 Å². The molecule has 25 heavy (non-hydrogen) atoms. The van der Waals surface area contributed by atoms with Crippen LogP contribution in [0.5, 0.6) is 5.75 Å². The molecule has 1 aromatic rings. The quantitative estimate of drug-likeness (QED) is 0.745. The number of carbonyl (C=O) groups excluding carboxylic acids is 1. The average molecular weight is 346 g/mol. The van der Waals surface area contributed by atoms with Gasteiger partial charge in [-0.05, 0) is 30.5 Å². The molecule has 2 N–H and O–H groups in total. The first-order valence-electron chi connectivity index (χ1n) is 9.61. The Morgan fingerprint density at radius 3 is 2.52 bits per heavy atom. The van der Waals surface area contributed by atoms with Crippen molar-refractivity contribution in [3.05, 3.63) is 29.8 Å². The first-order chi connectivity index (χ1) is 12.3. The van der Waals surface area contributed by atoms with Crippen LogP contribution < -0.4 is 10.1 Å². The minimum absolute atomic E-state index is 0.0243. The van der Waals surface area contributed by atoms with E-state index >= 15 is 0 Å². The van der Waals surface area contributed by atoms with E-state index in [0.717, 1.165) is 18.8 Å². The lowest BCUT2D eigenvalue weighted by molar-refractivity contribution is -0.129. The van der Waals surface area contributed by atoms with Gasteiger partial charge in [0.05, 0.1) is 6.61 Å². The summed E-state index contributed by atoms with van der Waals surface area (Å²) in [6, 6.07) is 8.61. The van der Waals surface area contributed by atoms with Gasteiger partial charge in [0.15, 0.2) is 0 Å². The molecule has 2 fully saturated rings. The van der Waals surface area contributed by atoms with Crippen LogP contribution in [0.1, 0.15) is 50.5 Å². The fourth-order valence-corrected chi connectivity index (χ4v) is 3.92. The number of rotatable bonds is 7. The Bertz CT molecular complexity index is 538. The Morgan fingerprint density at radius 2 is 1.84 bits per heavy atom. The predicted octanol–water partition coefficient (Wildman–Crippen LogP) is 2.47. The number of aliphatic hydroxyl groups excluding tert-OH is 1. The van der Waals surface area contributed by atoms with E-state index in [4.69, 9.17) is 9.84 Å². The Balaban J connectivity index is 1.46. The van der Waals surface area contributed by atoms with Gasteiger partial charge in [0.25, 0.3) is 0 Å². The lowest BCUT2D eigenvalue weighted by Crippen LogP contribution is -2.38. The molecule has 1 heterocycles. The lowest BCUT2D eigenvalue weighted by atomic mass is 10.1. The van der Waals surface area contributed by atoms with Crippen LogP contribution in [0.2, 0.25) is 0 Å². The lowest BCUT2D eigenvalue weighted by Gasteiger charge is -2.27. The third-order valence-electron chi connectivity index (χ3n) is 5.30. The maximum atomic E-state index is 12.4. The number of hydrogen-bond acceptors (Lipinski definition) is 4. The van der Waals surface area contributed by atoms with Gasteiger partial charge in [-0.2, -0.15) is 0 Å². The van der Waals surface area contributed by atoms with Crippen molar-refractivity contribution in [2.24, 2.45) is 0 Å². The molecule has 1 aliphatic heterocycles. The molecule has 0 bridgehead atoms. The van der Waals surface area contributed by atoms with E-state index in [1.165, 1.54) is 44.1 Å². The fraction of sp³-hybridized carbons (Fsp3) is 0.650. The normalized spacial score (nSPS) is 22.2. The number of aliphatic hydroxyl groups is 1. The molecular weight excluding hydrogens is 316 g/mol. The van der Waals surface area contributed by atoms with Gasteiger partial charge in [-0.25, -0.2) is 0 Å². The third kappa shape index (κ3) is 5.19. The largest absolute Gasteiger partial charge is 0.491 e. The molecule has 0 radical (unpaired) electrons. The second kappa shape index (κ2) is 9.20. The van der Waals surface area contributed by atoms with Gasteiger partial charge >= 0.3 is 0 Å². The number of carbonyl (C=O) groups is 1. The van der Waals surface area contributed by atoms with Gasteiger partial charge in [0.1, 0.15) is 12.4 Å². The first-order valence-corrected chi connectivity index (χ1v) is 9.61. The molecule has 1 aromatic carbocycles. The number of amides is 1. The minimum atomic E-state index is 0.0243. The highest BCUT2D eigenvalue weighted by molar-refractivity contribution is 5.79. The molecule has 0 aromatic heterocycles. The van der Waals surface area contributed by atoms with E-state index in [9.17, 15) is 4.79 Å². The van der Waals surface area contributed by atoms with Crippen LogP contribution in [0.4, 0.5) is 0 Å². The maximum Gasteiger partial charge on any atom is 0.224 e. The number of hydrogen-bond donors (Lipinski definition) is 2. The number of likely N-dealkylation sites (tertiary alicyclic amines) is 1. The summed E-state index contributed by atoms with van der Waals surface area (Å²) in [6.07, 6.45) is 8.13. The molecule has 5 heteroatoms. The van der Waals surface area contributed by atoms with Gasteiger partial charge in [0, 0.05) is 31.6 Å². The molecule has 1 saturated heterocycles. The summed E-state index contributed by atoms with van der Waals surface area (Å²) < 4.78 is 5.37. The van der Waals surface area contributed by atoms with Crippen molar-refractivity contribution in [2.75, 3.05) is 19.8 Å². The van der Waals surface area contributed by atoms with Crippen molar-refractivity contribution in [1.29, 1.82) is 0 Å². The Kier molecular flexibility index (Phi) is 6.70. The van der Waals surface area contributed by atoms with Crippen molar-refractivity contribution < 1.29 is 14.6 Å². The third-order valence-corrected chi connectivity index (χ3v) is 5.30. The smallest absolute Gasteiger partial charge is 0.224 e. The van der Waals surface area contributed by atoms with Crippen molar-refractivity contribution in [3.63, 3.8) is 0 Å². The number of ether oxygens (including phenoxy) is 1. The highest BCUT2D eigenvalue weighted by atomic mass is 16.5. The van der Waals surface area contributed by atoms with Gasteiger partial charge in [-0.1, -0.05) is 37.8 Å². The molecule has 3 rings (SSSR count). The monoisotopic (exact) mass is 346 g/mol. The number of benzene rings is 1. The topological polar surface area (TPSA) is 61.8 Å². The summed E-state index contributed by atoms with van der Waals surface area (Å²) >= 11 is 0. The highest BCUT2D eigenvalue weighted by Crippen LogP contribution is 2.26. The number of nitrogens with one attached hydrogen (secondary N) is 1. The van der Waals surface area contributed by atoms with Gasteiger partial charge in [-0.15, -0.1) is 0 Å². The molecule has 1 saturated carbocycles. The summed E-state index contributed by atoms with van der Waals surface area (Å²) in [5, 5.41) is 12.3. The maximum absolute atomic E-state index is 12.4. The van der Waals surface area contributed by atoms with Crippen molar-refractivity contribution in [3.8, 4) is 5.75 Å². The summed E-state index contributed by atoms with van der Waals surface area (Å²) in [6.45, 7) is 1.95. The van der Waals surface area contributed by atoms with Crippen LogP contribution in [-0.4, -0.2) is 47.8 Å². The molecule has 5 nitrogen and oxygen atoms in total. The van der Waals surface area contributed by atoms with Crippen molar-refractivity contribution in [2.45, 2.75) is 63.6 Å². The zero-order chi connectivity index (χ0) is 17.5. The van der Waals surface area contributed by atoms with E-state index in [0.29, 0.717) is 25.0 Å². The van der Waals surface area contributed by atoms with Crippen molar-refractivity contribution in [1.82, 2.24) is 10.2 Å². The Hall–Kier alpha value is -1.59. The second-order valence-electron chi connectivity index (χ2n) is 7.19. The Labute approximate surface area is 150 Å². The van der Waals surface area contributed by atoms with Gasteiger partial charge in [-0.3, -0.25) is 4.79 Å². The van der Waals surface area contributed by atoms with Crippen LogP contribution >= 0.6 is 0 Å². The molecule has 0 spiro atoms. The van der Waals surface area contributed by atoms with E-state index < -0.39 is 0 Å². The number of nitrogens with zero attached hydrogens (tertiary/aromatic N) is 1. The fourth-order valence-electron chi connectivity index (χ4n) is 3.92. The predicted molar refractivity (Wildman–Crippen MR) is 97.5 cm³/mol. The van der Waals surface area contributed by atoms with Gasteiger partial charge in [0.2, 0.25) is 5.91 Å². The molecule has 2 aliphatic rings. The minimum Gasteiger partial charge on any atom is -0.491 e. The molecule has 1 aliphatic carbocycles. The van der Waals surface area contributed by atoms with Crippen LogP contribution in [0, 0.1) is 0 Å². The molecule has 138 valence electrons.